The molecule has 0 saturated heterocycles. The SMILES string of the molecule is Cc1noc2c(-c3ccncc3)cc(-c3cccs3)nc12. The van der Waals surface area contributed by atoms with Gasteiger partial charge in [0.25, 0.3) is 0 Å². The maximum Gasteiger partial charge on any atom is 0.193 e. The van der Waals surface area contributed by atoms with Crippen molar-refractivity contribution < 1.29 is 4.52 Å². The number of aryl methyl sites for hydroxylation is 1. The Morgan fingerprint density at radius 2 is 2.00 bits per heavy atom. The molecule has 0 saturated carbocycles. The largest absolute Gasteiger partial charge is 0.354 e. The molecule has 0 aliphatic rings. The van der Waals surface area contributed by atoms with Gasteiger partial charge in [0.2, 0.25) is 0 Å². The lowest BCUT2D eigenvalue weighted by Crippen LogP contribution is -1.87. The second-order valence-electron chi connectivity index (χ2n) is 4.71. The summed E-state index contributed by atoms with van der Waals surface area (Å²) in [6, 6.07) is 10.1. The maximum absolute atomic E-state index is 5.48. The molecule has 0 aliphatic carbocycles. The smallest absolute Gasteiger partial charge is 0.193 e. The van der Waals surface area contributed by atoms with E-state index in [2.05, 4.69) is 16.2 Å². The number of hydrogen-bond acceptors (Lipinski definition) is 5. The minimum absolute atomic E-state index is 0.721. The quantitative estimate of drug-likeness (QED) is 0.552. The van der Waals surface area contributed by atoms with Crippen LogP contribution in [0.5, 0.6) is 0 Å². The van der Waals surface area contributed by atoms with E-state index in [1.54, 1.807) is 23.7 Å². The summed E-state index contributed by atoms with van der Waals surface area (Å²) in [6.45, 7) is 1.91. The molecule has 5 heteroatoms. The van der Waals surface area contributed by atoms with Crippen LogP contribution in [-0.4, -0.2) is 15.1 Å². The Morgan fingerprint density at radius 3 is 2.76 bits per heavy atom. The molecule has 102 valence electrons. The van der Waals surface area contributed by atoms with Crippen molar-refractivity contribution in [2.24, 2.45) is 0 Å². The Labute approximate surface area is 125 Å². The number of rotatable bonds is 2. The highest BCUT2D eigenvalue weighted by Gasteiger charge is 2.15. The number of nitrogens with zero attached hydrogens (tertiary/aromatic N) is 3. The van der Waals surface area contributed by atoms with E-state index in [0.717, 1.165) is 38.5 Å². The monoisotopic (exact) mass is 293 g/mol. The van der Waals surface area contributed by atoms with E-state index in [1.807, 2.05) is 36.6 Å². The van der Waals surface area contributed by atoms with Crippen molar-refractivity contribution >= 4 is 22.4 Å². The van der Waals surface area contributed by atoms with Crippen molar-refractivity contribution in [1.82, 2.24) is 15.1 Å². The van der Waals surface area contributed by atoms with E-state index in [0.29, 0.717) is 0 Å². The summed E-state index contributed by atoms with van der Waals surface area (Å²) in [7, 11) is 0. The van der Waals surface area contributed by atoms with Gasteiger partial charge in [0, 0.05) is 18.0 Å². The van der Waals surface area contributed by atoms with Gasteiger partial charge >= 0.3 is 0 Å². The summed E-state index contributed by atoms with van der Waals surface area (Å²) in [5.74, 6) is 0. The molecule has 0 fully saturated rings. The van der Waals surface area contributed by atoms with Crippen LogP contribution in [0.3, 0.4) is 0 Å². The molecule has 0 aliphatic heterocycles. The molecule has 0 aromatic carbocycles. The summed E-state index contributed by atoms with van der Waals surface area (Å²) < 4.78 is 5.48. The van der Waals surface area contributed by atoms with Crippen LogP contribution < -0.4 is 0 Å². The Morgan fingerprint density at radius 1 is 1.14 bits per heavy atom. The van der Waals surface area contributed by atoms with Gasteiger partial charge in [0.05, 0.1) is 10.6 Å². The zero-order valence-corrected chi connectivity index (χ0v) is 12.1. The van der Waals surface area contributed by atoms with Crippen LogP contribution in [-0.2, 0) is 0 Å². The molecule has 0 unspecified atom stereocenters. The number of pyridine rings is 2. The van der Waals surface area contributed by atoms with Gasteiger partial charge in [0.15, 0.2) is 5.58 Å². The highest BCUT2D eigenvalue weighted by Crippen LogP contribution is 2.34. The van der Waals surface area contributed by atoms with Crippen LogP contribution >= 0.6 is 11.3 Å². The third-order valence-electron chi connectivity index (χ3n) is 3.35. The lowest BCUT2D eigenvalue weighted by Gasteiger charge is -2.04. The van der Waals surface area contributed by atoms with Crippen LogP contribution in [0.25, 0.3) is 32.8 Å². The van der Waals surface area contributed by atoms with Crippen LogP contribution in [0, 0.1) is 6.92 Å². The van der Waals surface area contributed by atoms with E-state index >= 15 is 0 Å². The fraction of sp³-hybridized carbons (Fsp3) is 0.0625. The highest BCUT2D eigenvalue weighted by molar-refractivity contribution is 7.13. The standard InChI is InChI=1S/C16H11N3OS/c1-10-15-16(20-19-10)12(11-4-6-17-7-5-11)9-13(18-15)14-3-2-8-21-14/h2-9H,1H3. The molecule has 0 spiro atoms. The lowest BCUT2D eigenvalue weighted by atomic mass is 10.1. The zero-order chi connectivity index (χ0) is 14.2. The van der Waals surface area contributed by atoms with E-state index in [-0.39, 0.29) is 0 Å². The van der Waals surface area contributed by atoms with Gasteiger partial charge in [-0.15, -0.1) is 11.3 Å². The van der Waals surface area contributed by atoms with Crippen LogP contribution in [0.1, 0.15) is 5.69 Å². The molecule has 4 heterocycles. The van der Waals surface area contributed by atoms with E-state index in [1.165, 1.54) is 0 Å². The summed E-state index contributed by atoms with van der Waals surface area (Å²) in [4.78, 5) is 9.90. The molecule has 0 amide bonds. The second-order valence-corrected chi connectivity index (χ2v) is 5.66. The predicted octanol–water partition coefficient (Wildman–Crippen LogP) is 4.32. The van der Waals surface area contributed by atoms with Crippen LogP contribution in [0.15, 0.2) is 52.6 Å². The summed E-state index contributed by atoms with van der Waals surface area (Å²) in [5, 5.41) is 6.10. The van der Waals surface area contributed by atoms with Crippen molar-refractivity contribution in [1.29, 1.82) is 0 Å². The average molecular weight is 293 g/mol. The Balaban J connectivity index is 2.05. The molecular weight excluding hydrogens is 282 g/mol. The normalized spacial score (nSPS) is 11.1. The topological polar surface area (TPSA) is 51.8 Å². The van der Waals surface area contributed by atoms with Crippen molar-refractivity contribution in [3.05, 3.63) is 53.8 Å². The van der Waals surface area contributed by atoms with Gasteiger partial charge in [-0.1, -0.05) is 11.2 Å². The molecule has 0 bridgehead atoms. The van der Waals surface area contributed by atoms with Gasteiger partial charge < -0.3 is 4.52 Å². The summed E-state index contributed by atoms with van der Waals surface area (Å²) >= 11 is 1.67. The van der Waals surface area contributed by atoms with E-state index in [9.17, 15) is 0 Å². The van der Waals surface area contributed by atoms with Gasteiger partial charge in [0.1, 0.15) is 11.2 Å². The van der Waals surface area contributed by atoms with Crippen molar-refractivity contribution in [3.8, 4) is 21.7 Å². The molecule has 4 aromatic rings. The Bertz CT molecular complexity index is 898. The maximum atomic E-state index is 5.48. The Kier molecular flexibility index (Phi) is 2.79. The molecule has 0 radical (unpaired) electrons. The zero-order valence-electron chi connectivity index (χ0n) is 11.3. The molecule has 4 nitrogen and oxygen atoms in total. The van der Waals surface area contributed by atoms with Gasteiger partial charge in [-0.25, -0.2) is 4.98 Å². The first-order valence-corrected chi connectivity index (χ1v) is 7.42. The molecule has 4 rings (SSSR count). The van der Waals surface area contributed by atoms with Crippen LogP contribution in [0.4, 0.5) is 0 Å². The fourth-order valence-electron chi connectivity index (χ4n) is 2.32. The lowest BCUT2D eigenvalue weighted by molar-refractivity contribution is 0.451. The van der Waals surface area contributed by atoms with Gasteiger partial charge in [-0.3, -0.25) is 4.98 Å². The first kappa shape index (κ1) is 12.2. The van der Waals surface area contributed by atoms with Crippen LogP contribution in [0.2, 0.25) is 0 Å². The molecule has 4 aromatic heterocycles. The van der Waals surface area contributed by atoms with Crippen molar-refractivity contribution in [2.75, 3.05) is 0 Å². The highest BCUT2D eigenvalue weighted by atomic mass is 32.1. The number of fused-ring (bicyclic) bond motifs is 1. The predicted molar refractivity (Wildman–Crippen MR) is 83.1 cm³/mol. The first-order valence-electron chi connectivity index (χ1n) is 6.54. The van der Waals surface area contributed by atoms with Gasteiger partial charge in [-0.05, 0) is 42.1 Å². The number of hydrogen-bond donors (Lipinski definition) is 0. The molecule has 0 atom stereocenters. The van der Waals surface area contributed by atoms with Crippen molar-refractivity contribution in [2.45, 2.75) is 6.92 Å². The third-order valence-corrected chi connectivity index (χ3v) is 4.25. The fourth-order valence-corrected chi connectivity index (χ4v) is 3.01. The average Bonchev–Trinajstić information content (AvgIpc) is 3.18. The summed E-state index contributed by atoms with van der Waals surface area (Å²) in [6.07, 6.45) is 3.55. The van der Waals surface area contributed by atoms with E-state index in [4.69, 9.17) is 9.51 Å². The first-order chi connectivity index (χ1) is 10.3. The Hall–Kier alpha value is -2.53. The third kappa shape index (κ3) is 2.02. The van der Waals surface area contributed by atoms with E-state index < -0.39 is 0 Å². The van der Waals surface area contributed by atoms with Crippen molar-refractivity contribution in [3.63, 3.8) is 0 Å². The number of thiophene rings is 1. The minimum atomic E-state index is 0.721. The molecule has 21 heavy (non-hydrogen) atoms. The molecule has 0 N–H and O–H groups in total. The summed E-state index contributed by atoms with van der Waals surface area (Å²) in [5.41, 5.74) is 5.32. The second kappa shape index (κ2) is 4.79. The molecular formula is C16H11N3OS. The van der Waals surface area contributed by atoms with Gasteiger partial charge in [-0.2, -0.15) is 0 Å². The minimum Gasteiger partial charge on any atom is -0.354 e. The number of aromatic nitrogens is 3.